The summed E-state index contributed by atoms with van der Waals surface area (Å²) >= 11 is 0. The van der Waals surface area contributed by atoms with Gasteiger partial charge in [0.15, 0.2) is 12.2 Å². The molecule has 17 nitrogen and oxygen atoms in total. The van der Waals surface area contributed by atoms with Crippen LogP contribution in [0.25, 0.3) is 0 Å². The van der Waals surface area contributed by atoms with E-state index in [1.807, 2.05) is 0 Å². The molecule has 2 unspecified atom stereocenters. The average molecular weight is 1350 g/mol. The van der Waals surface area contributed by atoms with Crippen molar-refractivity contribution >= 4 is 39.5 Å². The fraction of sp³-hybridized carbons (Fsp3) is 0.945. The van der Waals surface area contributed by atoms with Crippen LogP contribution in [-0.2, 0) is 65.4 Å². The fourth-order valence-corrected chi connectivity index (χ4v) is 12.7. The predicted octanol–water partition coefficient (Wildman–Crippen LogP) is 21.2. The first-order chi connectivity index (χ1) is 44.4. The van der Waals surface area contributed by atoms with Crippen LogP contribution in [0.2, 0.25) is 0 Å². The van der Waals surface area contributed by atoms with Gasteiger partial charge in [0.25, 0.3) is 0 Å². The molecular formula is C73H142O17P2. The maximum Gasteiger partial charge on any atom is 0.472 e. The second kappa shape index (κ2) is 65.0. The van der Waals surface area contributed by atoms with Crippen molar-refractivity contribution in [3.05, 3.63) is 0 Å². The van der Waals surface area contributed by atoms with Crippen molar-refractivity contribution in [1.29, 1.82) is 0 Å². The first-order valence-electron chi connectivity index (χ1n) is 38.0. The summed E-state index contributed by atoms with van der Waals surface area (Å²) in [5, 5.41) is 10.6. The third-order valence-electron chi connectivity index (χ3n) is 17.0. The lowest BCUT2D eigenvalue weighted by Crippen LogP contribution is -2.30. The molecule has 92 heavy (non-hydrogen) atoms. The lowest BCUT2D eigenvalue weighted by atomic mass is 10.0. The van der Waals surface area contributed by atoms with Crippen LogP contribution in [0.15, 0.2) is 0 Å². The van der Waals surface area contributed by atoms with Gasteiger partial charge in [-0.15, -0.1) is 0 Å². The molecule has 3 N–H and O–H groups in total. The van der Waals surface area contributed by atoms with E-state index in [0.717, 1.165) is 102 Å². The standard InChI is InChI=1S/C73H142O17P2/c1-7-9-11-13-15-17-19-21-23-25-27-29-37-43-49-55-70(75)83-61-68(89-72(77)57-51-45-39-30-28-26-24-22-20-18-16-14-12-10-8-2)63-87-91(79,80)85-59-67(74)60-86-92(81,82)88-64-69(90-73(78)58-52-46-40-34-32-36-42-48-54-66(5)6)62-84-71(76)56-50-44-38-33-31-35-41-47-53-65(3)4/h65-69,74H,7-64H2,1-6H3,(H,79,80)(H,81,82)/t67-,68-,69-/m1/s1. The molecule has 0 radical (unpaired) electrons. The molecule has 546 valence electrons. The van der Waals surface area contributed by atoms with Gasteiger partial charge in [0.1, 0.15) is 19.3 Å². The van der Waals surface area contributed by atoms with Gasteiger partial charge >= 0.3 is 39.5 Å². The van der Waals surface area contributed by atoms with Crippen molar-refractivity contribution in [2.45, 2.75) is 394 Å². The van der Waals surface area contributed by atoms with Gasteiger partial charge in [0.2, 0.25) is 0 Å². The van der Waals surface area contributed by atoms with Crippen molar-refractivity contribution in [3.63, 3.8) is 0 Å². The molecule has 0 saturated carbocycles. The molecule has 0 aromatic heterocycles. The monoisotopic (exact) mass is 1350 g/mol. The first kappa shape index (κ1) is 90.1. The minimum absolute atomic E-state index is 0.104. The quantitative estimate of drug-likeness (QED) is 0.0222. The Labute approximate surface area is 562 Å². The summed E-state index contributed by atoms with van der Waals surface area (Å²) < 4.78 is 68.4. The third-order valence-corrected chi connectivity index (χ3v) is 18.9. The third kappa shape index (κ3) is 66.7. The Morgan fingerprint density at radius 2 is 0.500 bits per heavy atom. The van der Waals surface area contributed by atoms with Crippen LogP contribution < -0.4 is 0 Å². The van der Waals surface area contributed by atoms with Gasteiger partial charge in [-0.2, -0.15) is 0 Å². The van der Waals surface area contributed by atoms with E-state index in [-0.39, 0.29) is 25.7 Å². The average Bonchev–Trinajstić information content (AvgIpc) is 2.61. The highest BCUT2D eigenvalue weighted by molar-refractivity contribution is 7.47. The molecule has 0 saturated heterocycles. The summed E-state index contributed by atoms with van der Waals surface area (Å²) in [7, 11) is -9.91. The Morgan fingerprint density at radius 1 is 0.293 bits per heavy atom. The van der Waals surface area contributed by atoms with Gasteiger partial charge in [-0.25, -0.2) is 9.13 Å². The summed E-state index contributed by atoms with van der Waals surface area (Å²) in [4.78, 5) is 72.7. The van der Waals surface area contributed by atoms with E-state index in [1.165, 1.54) is 193 Å². The number of hydrogen-bond donors (Lipinski definition) is 3. The first-order valence-corrected chi connectivity index (χ1v) is 41.0. The van der Waals surface area contributed by atoms with Crippen LogP contribution in [-0.4, -0.2) is 96.7 Å². The zero-order chi connectivity index (χ0) is 67.9. The lowest BCUT2D eigenvalue weighted by Gasteiger charge is -2.21. The van der Waals surface area contributed by atoms with Crippen molar-refractivity contribution in [3.8, 4) is 0 Å². The van der Waals surface area contributed by atoms with E-state index in [1.54, 1.807) is 0 Å². The van der Waals surface area contributed by atoms with Crippen LogP contribution in [0, 0.1) is 11.8 Å². The Balaban J connectivity index is 5.25. The van der Waals surface area contributed by atoms with E-state index >= 15 is 0 Å². The number of phosphoric acid groups is 2. The molecule has 0 aromatic rings. The predicted molar refractivity (Wildman–Crippen MR) is 372 cm³/mol. The molecule has 0 amide bonds. The zero-order valence-corrected chi connectivity index (χ0v) is 61.6. The number of phosphoric ester groups is 2. The van der Waals surface area contributed by atoms with Crippen molar-refractivity contribution < 1.29 is 80.2 Å². The van der Waals surface area contributed by atoms with Crippen LogP contribution in [0.1, 0.15) is 375 Å². The molecular weight excluding hydrogens is 1210 g/mol. The summed E-state index contributed by atoms with van der Waals surface area (Å²) in [5.41, 5.74) is 0. The number of hydrogen-bond acceptors (Lipinski definition) is 15. The maximum absolute atomic E-state index is 13.1. The number of ether oxygens (including phenoxy) is 4. The Bertz CT molecular complexity index is 1790. The topological polar surface area (TPSA) is 237 Å². The number of unbranched alkanes of at least 4 members (excludes halogenated alkanes) is 42. The molecule has 5 atom stereocenters. The minimum atomic E-state index is -4.95. The van der Waals surface area contributed by atoms with Crippen molar-refractivity contribution in [1.82, 2.24) is 0 Å². The van der Waals surface area contributed by atoms with Gasteiger partial charge < -0.3 is 33.8 Å². The molecule has 0 aliphatic carbocycles. The van der Waals surface area contributed by atoms with E-state index in [4.69, 9.17) is 37.0 Å². The van der Waals surface area contributed by atoms with Gasteiger partial charge in [-0.1, -0.05) is 324 Å². The summed E-state index contributed by atoms with van der Waals surface area (Å²) in [6.07, 6.45) is 51.3. The molecule has 0 aromatic carbocycles. The number of esters is 4. The molecule has 0 aliphatic heterocycles. The van der Waals surface area contributed by atoms with Crippen LogP contribution in [0.3, 0.4) is 0 Å². The Kier molecular flexibility index (Phi) is 63.7. The minimum Gasteiger partial charge on any atom is -0.462 e. The highest BCUT2D eigenvalue weighted by atomic mass is 31.2. The Hall–Kier alpha value is -1.94. The van der Waals surface area contributed by atoms with Crippen LogP contribution in [0.5, 0.6) is 0 Å². The van der Waals surface area contributed by atoms with E-state index < -0.39 is 97.5 Å². The second-order valence-corrected chi connectivity index (χ2v) is 30.2. The number of rotatable bonds is 72. The SMILES string of the molecule is CCCCCCCCCCCCCCCCCC(=O)OC[C@H](COP(=O)(O)OC[C@@H](O)COP(=O)(O)OC[C@@H](COC(=O)CCCCCCCCCCC(C)C)OC(=O)CCCCCCCCCCC(C)C)OC(=O)CCCCCCCCCCCCCCCCC. The number of aliphatic hydroxyl groups is 1. The summed E-state index contributed by atoms with van der Waals surface area (Å²) in [5.74, 6) is -0.675. The van der Waals surface area contributed by atoms with E-state index in [0.29, 0.717) is 25.7 Å². The smallest absolute Gasteiger partial charge is 0.462 e. The summed E-state index contributed by atoms with van der Waals surface area (Å²) in [6, 6.07) is 0. The second-order valence-electron chi connectivity index (χ2n) is 27.3. The number of carbonyl (C=O) groups excluding carboxylic acids is 4. The van der Waals surface area contributed by atoms with Gasteiger partial charge in [0.05, 0.1) is 26.4 Å². The maximum atomic E-state index is 13.1. The number of aliphatic hydroxyl groups excluding tert-OH is 1. The molecule has 0 heterocycles. The highest BCUT2D eigenvalue weighted by Crippen LogP contribution is 2.45. The van der Waals surface area contributed by atoms with Gasteiger partial charge in [-0.3, -0.25) is 37.3 Å². The molecule has 0 aliphatic rings. The molecule has 0 fully saturated rings. The van der Waals surface area contributed by atoms with Crippen molar-refractivity contribution in [2.75, 3.05) is 39.6 Å². The molecule has 0 spiro atoms. The highest BCUT2D eigenvalue weighted by Gasteiger charge is 2.30. The Morgan fingerprint density at radius 3 is 0.739 bits per heavy atom. The van der Waals surface area contributed by atoms with Gasteiger partial charge in [-0.05, 0) is 37.5 Å². The largest absolute Gasteiger partial charge is 0.472 e. The van der Waals surface area contributed by atoms with E-state index in [9.17, 15) is 43.2 Å². The normalized spacial score (nSPS) is 14.1. The van der Waals surface area contributed by atoms with Crippen LogP contribution >= 0.6 is 15.6 Å². The molecule has 0 bridgehead atoms. The summed E-state index contributed by atoms with van der Waals surface area (Å²) in [6.45, 7) is 9.50. The molecule has 19 heteroatoms. The van der Waals surface area contributed by atoms with Gasteiger partial charge in [0, 0.05) is 25.7 Å². The van der Waals surface area contributed by atoms with Crippen LogP contribution in [0.4, 0.5) is 0 Å². The van der Waals surface area contributed by atoms with E-state index in [2.05, 4.69) is 41.5 Å². The fourth-order valence-electron chi connectivity index (χ4n) is 11.1. The van der Waals surface area contributed by atoms with Crippen molar-refractivity contribution in [2.24, 2.45) is 11.8 Å². The lowest BCUT2D eigenvalue weighted by molar-refractivity contribution is -0.161. The zero-order valence-electron chi connectivity index (χ0n) is 59.9. The number of carbonyl (C=O) groups is 4. The molecule has 0 rings (SSSR count).